The molecule has 0 saturated carbocycles. The predicted octanol–water partition coefficient (Wildman–Crippen LogP) is 3.38. The van der Waals surface area contributed by atoms with Gasteiger partial charge in [0.2, 0.25) is 11.8 Å². The summed E-state index contributed by atoms with van der Waals surface area (Å²) in [6.07, 6.45) is 5.99. The summed E-state index contributed by atoms with van der Waals surface area (Å²) >= 11 is 0. The number of nitrogens with zero attached hydrogens (tertiary/aromatic N) is 4. The highest BCUT2D eigenvalue weighted by Crippen LogP contribution is 2.41. The molecule has 2 aromatic rings. The van der Waals surface area contributed by atoms with Crippen molar-refractivity contribution in [2.45, 2.75) is 70.5 Å². The number of hydrogen-bond donors (Lipinski definition) is 2. The van der Waals surface area contributed by atoms with Crippen LogP contribution in [0.25, 0.3) is 10.8 Å². The Hall–Kier alpha value is -4.21. The molecule has 5 amide bonds. The summed E-state index contributed by atoms with van der Waals surface area (Å²) in [5, 5.41) is 4.09. The van der Waals surface area contributed by atoms with Crippen LogP contribution in [0.3, 0.4) is 0 Å². The van der Waals surface area contributed by atoms with Crippen molar-refractivity contribution in [3.63, 3.8) is 0 Å². The number of carbonyl (C=O) groups is 4. The van der Waals surface area contributed by atoms with Crippen LogP contribution in [0.15, 0.2) is 47.1 Å². The van der Waals surface area contributed by atoms with E-state index in [1.807, 2.05) is 63.2 Å². The molecule has 216 valence electrons. The minimum Gasteiger partial charge on any atom is -0.404 e. The van der Waals surface area contributed by atoms with Gasteiger partial charge in [-0.25, -0.2) is 4.79 Å². The molecule has 3 aliphatic heterocycles. The monoisotopic (exact) mass is 558 g/mol. The molecule has 5 rings (SSSR count). The lowest BCUT2D eigenvalue weighted by Crippen LogP contribution is -2.53. The molecule has 0 bridgehead atoms. The van der Waals surface area contributed by atoms with Gasteiger partial charge in [0.25, 0.3) is 5.91 Å². The average molecular weight is 559 g/mol. The number of aliphatic imine (C=N–C) groups is 1. The van der Waals surface area contributed by atoms with Gasteiger partial charge in [-0.15, -0.1) is 0 Å². The van der Waals surface area contributed by atoms with E-state index in [4.69, 9.17) is 10.7 Å². The molecule has 3 heterocycles. The maximum absolute atomic E-state index is 13.4. The van der Waals surface area contributed by atoms with Crippen molar-refractivity contribution < 1.29 is 19.2 Å². The van der Waals surface area contributed by atoms with Crippen LogP contribution in [-0.4, -0.2) is 77.5 Å². The van der Waals surface area contributed by atoms with Gasteiger partial charge in [0, 0.05) is 55.7 Å². The standard InChI is InChI=1S/C31H38N6O4/c1-31(2,3)35(4)30(41)36-14-12-21(13-15-36)33-18-19(17-32)16-20-8-9-24-27-22(20)6-5-7-23(27)29(40)37(24)25-10-11-26(38)34-28(25)39/h5-9,17-18,21,25H,10-16,32H2,1-4H3,(H,34,38,39). The van der Waals surface area contributed by atoms with E-state index >= 15 is 0 Å². The summed E-state index contributed by atoms with van der Waals surface area (Å²) in [7, 11) is 1.84. The Balaban J connectivity index is 1.29. The number of allylic oxidation sites excluding steroid dienone is 1. The van der Waals surface area contributed by atoms with Crippen molar-refractivity contribution in [3.8, 4) is 0 Å². The van der Waals surface area contributed by atoms with Crippen LogP contribution in [0.1, 0.15) is 62.4 Å². The van der Waals surface area contributed by atoms with Crippen molar-refractivity contribution in [1.29, 1.82) is 0 Å². The third-order valence-electron chi connectivity index (χ3n) is 8.43. The number of imide groups is 1. The number of urea groups is 1. The van der Waals surface area contributed by atoms with Crippen molar-refractivity contribution in [3.05, 3.63) is 53.2 Å². The maximum Gasteiger partial charge on any atom is 0.320 e. The Morgan fingerprint density at radius 3 is 2.51 bits per heavy atom. The fraction of sp³-hybridized carbons (Fsp3) is 0.452. The van der Waals surface area contributed by atoms with E-state index in [9.17, 15) is 19.2 Å². The van der Waals surface area contributed by atoms with Crippen LogP contribution in [0.5, 0.6) is 0 Å². The molecule has 1 unspecified atom stereocenters. The molecule has 2 saturated heterocycles. The Bertz CT molecular complexity index is 1460. The first-order valence-electron chi connectivity index (χ1n) is 14.2. The van der Waals surface area contributed by atoms with Gasteiger partial charge < -0.3 is 15.5 Å². The van der Waals surface area contributed by atoms with Crippen molar-refractivity contribution in [2.75, 3.05) is 25.0 Å². The molecule has 0 radical (unpaired) electrons. The highest BCUT2D eigenvalue weighted by atomic mass is 16.2. The van der Waals surface area contributed by atoms with Crippen molar-refractivity contribution in [2.24, 2.45) is 10.7 Å². The van der Waals surface area contributed by atoms with Gasteiger partial charge in [0.05, 0.1) is 11.7 Å². The van der Waals surface area contributed by atoms with Gasteiger partial charge in [-0.1, -0.05) is 18.2 Å². The summed E-state index contributed by atoms with van der Waals surface area (Å²) in [6, 6.07) is 8.89. The number of amides is 5. The van der Waals surface area contributed by atoms with Gasteiger partial charge in [-0.3, -0.25) is 29.6 Å². The van der Waals surface area contributed by atoms with Gasteiger partial charge in [0.15, 0.2) is 0 Å². The fourth-order valence-electron chi connectivity index (χ4n) is 5.73. The minimum atomic E-state index is -0.719. The summed E-state index contributed by atoms with van der Waals surface area (Å²) in [4.78, 5) is 60.5. The quantitative estimate of drug-likeness (QED) is 0.430. The smallest absolute Gasteiger partial charge is 0.320 e. The number of carbonyl (C=O) groups excluding carboxylic acids is 4. The number of likely N-dealkylation sites (tertiary alicyclic amines) is 1. The maximum atomic E-state index is 13.4. The zero-order valence-corrected chi connectivity index (χ0v) is 24.1. The first-order valence-corrected chi connectivity index (χ1v) is 14.2. The second-order valence-electron chi connectivity index (χ2n) is 12.0. The molecule has 10 nitrogen and oxygen atoms in total. The van der Waals surface area contributed by atoms with E-state index in [1.165, 1.54) is 4.90 Å². The number of nitrogens with two attached hydrogens (primary N) is 1. The van der Waals surface area contributed by atoms with Gasteiger partial charge >= 0.3 is 6.03 Å². The highest BCUT2D eigenvalue weighted by molar-refractivity contribution is 6.27. The topological polar surface area (TPSA) is 128 Å². The number of anilines is 1. The predicted molar refractivity (Wildman–Crippen MR) is 159 cm³/mol. The zero-order chi connectivity index (χ0) is 29.5. The van der Waals surface area contributed by atoms with E-state index in [-0.39, 0.29) is 35.8 Å². The molecule has 3 aliphatic rings. The van der Waals surface area contributed by atoms with Crippen LogP contribution >= 0.6 is 0 Å². The van der Waals surface area contributed by atoms with Gasteiger partial charge in [-0.05, 0) is 74.9 Å². The van der Waals surface area contributed by atoms with Crippen LogP contribution in [0, 0.1) is 0 Å². The second-order valence-corrected chi connectivity index (χ2v) is 12.0. The van der Waals surface area contributed by atoms with Gasteiger partial charge in [0.1, 0.15) is 6.04 Å². The normalized spacial score (nSPS) is 20.3. The second kappa shape index (κ2) is 11.0. The molecule has 3 N–H and O–H groups in total. The van der Waals surface area contributed by atoms with Crippen LogP contribution in [0.4, 0.5) is 10.5 Å². The Morgan fingerprint density at radius 1 is 1.12 bits per heavy atom. The average Bonchev–Trinajstić information content (AvgIpc) is 3.23. The molecule has 0 aliphatic carbocycles. The van der Waals surface area contributed by atoms with E-state index in [2.05, 4.69) is 5.32 Å². The fourth-order valence-corrected chi connectivity index (χ4v) is 5.73. The van der Waals surface area contributed by atoms with Gasteiger partial charge in [-0.2, -0.15) is 0 Å². The lowest BCUT2D eigenvalue weighted by Gasteiger charge is -2.39. The third-order valence-corrected chi connectivity index (χ3v) is 8.43. The summed E-state index contributed by atoms with van der Waals surface area (Å²) in [5.74, 6) is -0.988. The highest BCUT2D eigenvalue weighted by Gasteiger charge is 2.41. The largest absolute Gasteiger partial charge is 0.404 e. The van der Waals surface area contributed by atoms with Crippen LogP contribution < -0.4 is 16.0 Å². The van der Waals surface area contributed by atoms with E-state index < -0.39 is 11.9 Å². The lowest BCUT2D eigenvalue weighted by atomic mass is 9.96. The molecule has 2 aromatic carbocycles. The molecular weight excluding hydrogens is 520 g/mol. The molecule has 41 heavy (non-hydrogen) atoms. The molecule has 2 fully saturated rings. The Labute approximate surface area is 240 Å². The number of hydrogen-bond acceptors (Lipinski definition) is 6. The number of nitrogens with one attached hydrogen (secondary N) is 1. The zero-order valence-electron chi connectivity index (χ0n) is 24.1. The van der Waals surface area contributed by atoms with E-state index in [0.717, 1.165) is 34.8 Å². The van der Waals surface area contributed by atoms with E-state index in [1.54, 1.807) is 17.2 Å². The van der Waals surface area contributed by atoms with Crippen LogP contribution in [0.2, 0.25) is 0 Å². The number of rotatable bonds is 5. The summed E-state index contributed by atoms with van der Waals surface area (Å²) in [5.41, 5.74) is 8.86. The van der Waals surface area contributed by atoms with E-state index in [0.29, 0.717) is 37.2 Å². The van der Waals surface area contributed by atoms with Crippen LogP contribution in [-0.2, 0) is 16.0 Å². The Morgan fingerprint density at radius 2 is 1.85 bits per heavy atom. The first-order chi connectivity index (χ1) is 19.5. The molecule has 1 atom stereocenters. The first kappa shape index (κ1) is 28.3. The SMILES string of the molecule is CN(C(=O)N1CCC(N=CC(=CN)Cc2ccc3c4c(cccc24)C(=O)N3C2CCC(=O)NC2=O)CC1)C(C)(C)C. The lowest BCUT2D eigenvalue weighted by molar-refractivity contribution is -0.134. The molecule has 0 aromatic heterocycles. The molecular formula is C31H38N6O4. The minimum absolute atomic E-state index is 0.0455. The molecule has 10 heteroatoms. The summed E-state index contributed by atoms with van der Waals surface area (Å²) in [6.45, 7) is 7.40. The summed E-state index contributed by atoms with van der Waals surface area (Å²) < 4.78 is 0. The van der Waals surface area contributed by atoms with Crippen molar-refractivity contribution in [1.82, 2.24) is 15.1 Å². The Kier molecular flexibility index (Phi) is 7.59. The molecule has 0 spiro atoms. The number of piperidine rings is 2. The number of benzene rings is 2. The van der Waals surface area contributed by atoms with Crippen molar-refractivity contribution >= 4 is 46.4 Å². The third kappa shape index (κ3) is 5.42.